The third-order valence-corrected chi connectivity index (χ3v) is 5.51. The summed E-state index contributed by atoms with van der Waals surface area (Å²) in [6.45, 7) is 7.20. The highest BCUT2D eigenvalue weighted by molar-refractivity contribution is 7.20. The Kier molecular flexibility index (Phi) is 5.31. The van der Waals surface area contributed by atoms with Crippen LogP contribution in [0.3, 0.4) is 0 Å². The van der Waals surface area contributed by atoms with Gasteiger partial charge in [-0.1, -0.05) is 17.7 Å². The Morgan fingerprint density at radius 3 is 2.79 bits per heavy atom. The average Bonchev–Trinajstić information content (AvgIpc) is 3.00. The number of nitrogens with zero attached hydrogens (tertiary/aromatic N) is 1. The first kappa shape index (κ1) is 17.1. The molecule has 1 saturated heterocycles. The number of fused-ring (bicyclic) bond motifs is 1. The average molecular weight is 346 g/mol. The van der Waals surface area contributed by atoms with Gasteiger partial charge in [-0.15, -0.1) is 11.3 Å². The molecule has 1 aliphatic rings. The summed E-state index contributed by atoms with van der Waals surface area (Å²) in [6, 6.07) is 6.82. The molecule has 0 saturated carbocycles. The number of hydrogen-bond acceptors (Lipinski definition) is 3. The number of piperidine rings is 1. The second-order valence-corrected chi connectivity index (χ2v) is 7.68. The van der Waals surface area contributed by atoms with E-state index in [-0.39, 0.29) is 17.8 Å². The van der Waals surface area contributed by atoms with Crippen LogP contribution in [0.25, 0.3) is 10.1 Å². The maximum Gasteiger partial charge on any atom is 0.261 e. The number of hydrogen-bond donors (Lipinski definition) is 1. The minimum atomic E-state index is -0.268. The van der Waals surface area contributed by atoms with Crippen LogP contribution in [0.4, 0.5) is 4.39 Å². The van der Waals surface area contributed by atoms with E-state index in [0.29, 0.717) is 10.3 Å². The van der Waals surface area contributed by atoms with Crippen molar-refractivity contribution in [1.82, 2.24) is 10.2 Å². The monoisotopic (exact) mass is 346 g/mol. The third-order valence-electron chi connectivity index (χ3n) is 4.41. The number of nitrogens with one attached hydrogen (secondary N) is 1. The van der Waals surface area contributed by atoms with E-state index < -0.39 is 0 Å². The normalized spacial score (nSPS) is 16.3. The summed E-state index contributed by atoms with van der Waals surface area (Å²) in [5, 5.41) is 3.64. The van der Waals surface area contributed by atoms with Crippen molar-refractivity contribution in [3.05, 3.63) is 46.6 Å². The smallest absolute Gasteiger partial charge is 0.261 e. The van der Waals surface area contributed by atoms with Gasteiger partial charge in [-0.3, -0.25) is 9.69 Å². The Morgan fingerprint density at radius 2 is 2.12 bits per heavy atom. The summed E-state index contributed by atoms with van der Waals surface area (Å²) < 4.78 is 14.6. The van der Waals surface area contributed by atoms with E-state index in [4.69, 9.17) is 0 Å². The van der Waals surface area contributed by atoms with E-state index in [9.17, 15) is 9.18 Å². The highest BCUT2D eigenvalue weighted by Gasteiger charge is 2.21. The summed E-state index contributed by atoms with van der Waals surface area (Å²) in [5.41, 5.74) is 1.34. The number of carbonyl (C=O) groups is 1. The molecular weight excluding hydrogens is 323 g/mol. The number of likely N-dealkylation sites (tertiary alicyclic amines) is 1. The summed E-state index contributed by atoms with van der Waals surface area (Å²) in [6.07, 6.45) is 4.16. The van der Waals surface area contributed by atoms with Crippen molar-refractivity contribution in [2.24, 2.45) is 0 Å². The number of benzene rings is 1. The lowest BCUT2D eigenvalue weighted by Crippen LogP contribution is -2.44. The molecule has 24 heavy (non-hydrogen) atoms. The van der Waals surface area contributed by atoms with Crippen LogP contribution in [0.2, 0.25) is 0 Å². The van der Waals surface area contributed by atoms with Crippen LogP contribution in [0.15, 0.2) is 35.9 Å². The first-order valence-corrected chi connectivity index (χ1v) is 9.19. The van der Waals surface area contributed by atoms with Gasteiger partial charge in [0.15, 0.2) is 0 Å². The summed E-state index contributed by atoms with van der Waals surface area (Å²) in [4.78, 5) is 15.4. The number of carbonyl (C=O) groups excluding carboxylic acids is 1. The van der Waals surface area contributed by atoms with Gasteiger partial charge < -0.3 is 5.32 Å². The minimum Gasteiger partial charge on any atom is -0.349 e. The molecular formula is C19H23FN2OS. The topological polar surface area (TPSA) is 32.3 Å². The van der Waals surface area contributed by atoms with Gasteiger partial charge in [0.2, 0.25) is 0 Å². The fourth-order valence-corrected chi connectivity index (χ4v) is 3.94. The predicted molar refractivity (Wildman–Crippen MR) is 98.1 cm³/mol. The molecule has 1 fully saturated rings. The first-order chi connectivity index (χ1) is 11.5. The van der Waals surface area contributed by atoms with E-state index in [2.05, 4.69) is 30.1 Å². The van der Waals surface area contributed by atoms with Gasteiger partial charge in [0.1, 0.15) is 5.82 Å². The van der Waals surface area contributed by atoms with Crippen molar-refractivity contribution in [1.29, 1.82) is 0 Å². The SMILES string of the molecule is CC(C)=CCN1CCC(NC(=O)c2cc3c(F)cccc3s2)CC1. The highest BCUT2D eigenvalue weighted by atomic mass is 32.1. The molecule has 0 unspecified atom stereocenters. The third kappa shape index (κ3) is 4.02. The molecule has 5 heteroatoms. The van der Waals surface area contributed by atoms with Gasteiger partial charge in [0.05, 0.1) is 4.88 Å². The second kappa shape index (κ2) is 7.45. The van der Waals surface area contributed by atoms with E-state index >= 15 is 0 Å². The number of rotatable bonds is 4. The molecule has 0 spiro atoms. The van der Waals surface area contributed by atoms with E-state index in [1.165, 1.54) is 23.0 Å². The standard InChI is InChI=1S/C19H23FN2OS/c1-13(2)6-9-22-10-7-14(8-11-22)21-19(23)18-12-15-16(20)4-3-5-17(15)24-18/h3-6,12,14H,7-11H2,1-2H3,(H,21,23). The molecule has 0 bridgehead atoms. The van der Waals surface area contributed by atoms with Crippen LogP contribution in [0.5, 0.6) is 0 Å². The van der Waals surface area contributed by atoms with Crippen molar-refractivity contribution >= 4 is 27.3 Å². The molecule has 0 atom stereocenters. The molecule has 128 valence electrons. The molecule has 0 radical (unpaired) electrons. The van der Waals surface area contributed by atoms with Crippen LogP contribution in [0.1, 0.15) is 36.4 Å². The highest BCUT2D eigenvalue weighted by Crippen LogP contribution is 2.27. The van der Waals surface area contributed by atoms with Gasteiger partial charge in [-0.25, -0.2) is 4.39 Å². The van der Waals surface area contributed by atoms with Crippen LogP contribution in [-0.4, -0.2) is 36.5 Å². The number of allylic oxidation sites excluding steroid dienone is 1. The van der Waals surface area contributed by atoms with Gasteiger partial charge in [0.25, 0.3) is 5.91 Å². The Balaban J connectivity index is 1.57. The zero-order chi connectivity index (χ0) is 17.1. The second-order valence-electron chi connectivity index (χ2n) is 6.59. The molecule has 1 amide bonds. The van der Waals surface area contributed by atoms with E-state index in [1.54, 1.807) is 12.1 Å². The van der Waals surface area contributed by atoms with Gasteiger partial charge in [0, 0.05) is 35.8 Å². The number of amides is 1. The Morgan fingerprint density at radius 1 is 1.38 bits per heavy atom. The zero-order valence-corrected chi connectivity index (χ0v) is 15.0. The van der Waals surface area contributed by atoms with Gasteiger partial charge >= 0.3 is 0 Å². The summed E-state index contributed by atoms with van der Waals surface area (Å²) in [7, 11) is 0. The zero-order valence-electron chi connectivity index (χ0n) is 14.1. The first-order valence-electron chi connectivity index (χ1n) is 8.37. The van der Waals surface area contributed by atoms with Crippen molar-refractivity contribution in [3.8, 4) is 0 Å². The Bertz CT molecular complexity index is 756. The molecule has 2 aromatic rings. The van der Waals surface area contributed by atoms with E-state index in [0.717, 1.165) is 37.2 Å². The summed E-state index contributed by atoms with van der Waals surface area (Å²) >= 11 is 1.35. The Hall–Kier alpha value is -1.72. The molecule has 2 heterocycles. The lowest BCUT2D eigenvalue weighted by atomic mass is 10.0. The number of halogens is 1. The Labute approximate surface area is 146 Å². The molecule has 0 aliphatic carbocycles. The predicted octanol–water partition coefficient (Wildman–Crippen LogP) is 4.20. The molecule has 3 nitrogen and oxygen atoms in total. The van der Waals surface area contributed by atoms with Crippen LogP contribution in [0, 0.1) is 5.82 Å². The molecule has 1 aromatic carbocycles. The van der Waals surface area contributed by atoms with Crippen molar-refractivity contribution in [3.63, 3.8) is 0 Å². The minimum absolute atomic E-state index is 0.0849. The van der Waals surface area contributed by atoms with E-state index in [1.807, 2.05) is 6.07 Å². The maximum absolute atomic E-state index is 13.8. The van der Waals surface area contributed by atoms with Gasteiger partial charge in [-0.2, -0.15) is 0 Å². The molecule has 1 aromatic heterocycles. The fourth-order valence-electron chi connectivity index (χ4n) is 2.97. The maximum atomic E-state index is 13.8. The quantitative estimate of drug-likeness (QED) is 0.842. The molecule has 1 aliphatic heterocycles. The molecule has 1 N–H and O–H groups in total. The number of thiophene rings is 1. The summed E-state index contributed by atoms with van der Waals surface area (Å²) in [5.74, 6) is -0.353. The molecule has 3 rings (SSSR count). The van der Waals surface area contributed by atoms with Crippen LogP contribution >= 0.6 is 11.3 Å². The lowest BCUT2D eigenvalue weighted by Gasteiger charge is -2.31. The van der Waals surface area contributed by atoms with Crippen molar-refractivity contribution < 1.29 is 9.18 Å². The van der Waals surface area contributed by atoms with Crippen molar-refractivity contribution in [2.45, 2.75) is 32.7 Å². The van der Waals surface area contributed by atoms with Crippen LogP contribution in [-0.2, 0) is 0 Å². The largest absolute Gasteiger partial charge is 0.349 e. The van der Waals surface area contributed by atoms with Crippen molar-refractivity contribution in [2.75, 3.05) is 19.6 Å². The fraction of sp³-hybridized carbons (Fsp3) is 0.421. The van der Waals surface area contributed by atoms with Crippen LogP contribution < -0.4 is 5.32 Å². The lowest BCUT2D eigenvalue weighted by molar-refractivity contribution is 0.0918. The van der Waals surface area contributed by atoms with Gasteiger partial charge in [-0.05, 0) is 44.9 Å².